The van der Waals surface area contributed by atoms with Crippen LogP contribution < -0.4 is 9.75 Å². The number of rotatable bonds is 10. The zero-order chi connectivity index (χ0) is 34.3. The molecule has 0 saturated heterocycles. The molecule has 0 bridgehead atoms. The van der Waals surface area contributed by atoms with E-state index in [9.17, 15) is 32.8 Å². The van der Waals surface area contributed by atoms with E-state index in [4.69, 9.17) is 9.99 Å². The van der Waals surface area contributed by atoms with Crippen LogP contribution in [0.5, 0.6) is 11.5 Å². The summed E-state index contributed by atoms with van der Waals surface area (Å²) >= 11 is 0.690. The molecule has 1 atom stereocenters. The number of nitrogens with one attached hydrogen (secondary N) is 1. The Morgan fingerprint density at radius 3 is 2.50 bits per heavy atom. The number of carbonyl (C=O) groups is 2. The Morgan fingerprint density at radius 2 is 1.83 bits per heavy atom. The maximum atomic E-state index is 13.3. The van der Waals surface area contributed by atoms with E-state index in [1.807, 2.05) is 0 Å². The predicted molar refractivity (Wildman–Crippen MR) is 170 cm³/mol. The van der Waals surface area contributed by atoms with Gasteiger partial charge in [0.15, 0.2) is 5.71 Å². The van der Waals surface area contributed by atoms with Gasteiger partial charge in [-0.1, -0.05) is 5.04 Å². The molecule has 0 aliphatic carbocycles. The third-order valence-electron chi connectivity index (χ3n) is 7.25. The van der Waals surface area contributed by atoms with Gasteiger partial charge in [-0.2, -0.15) is 28.8 Å². The van der Waals surface area contributed by atoms with Gasteiger partial charge in [-0.05, 0) is 67.1 Å². The maximum absolute atomic E-state index is 13.3. The monoisotopic (exact) mass is 694 g/mol. The second-order valence-electron chi connectivity index (χ2n) is 10.2. The molecule has 0 saturated carbocycles. The Labute approximate surface area is 273 Å². The number of carboxylic acid groups (broad SMARTS) is 1. The first-order chi connectivity index (χ1) is 22.9. The Balaban J connectivity index is 1.28. The molecule has 4 aromatic carbocycles. The lowest BCUT2D eigenvalue weighted by Gasteiger charge is -2.13. The highest BCUT2D eigenvalue weighted by atomic mass is 32.2. The summed E-state index contributed by atoms with van der Waals surface area (Å²) in [5.41, 5.74) is 1.52. The lowest BCUT2D eigenvalue weighted by atomic mass is 10.1. The van der Waals surface area contributed by atoms with Gasteiger partial charge in [-0.25, -0.2) is 15.0 Å². The number of aryl methyl sites for hydroxylation is 1. The van der Waals surface area contributed by atoms with Crippen molar-refractivity contribution in [3.63, 3.8) is 0 Å². The summed E-state index contributed by atoms with van der Waals surface area (Å²) in [6, 6.07) is 13.6. The van der Waals surface area contributed by atoms with Crippen molar-refractivity contribution >= 4 is 72.9 Å². The number of carboxylic acids is 1. The molecule has 1 unspecified atom stereocenters. The zero-order valence-electron chi connectivity index (χ0n) is 24.6. The molecular weight excluding hydrogens is 672 g/mol. The molecule has 6 rings (SSSR count). The number of nitrogens with zero attached hydrogens (tertiary/aromatic N) is 5. The lowest BCUT2D eigenvalue weighted by Crippen LogP contribution is -2.33. The van der Waals surface area contributed by atoms with Gasteiger partial charge >= 0.3 is 5.97 Å². The Bertz CT molecular complexity index is 2290. The highest BCUT2D eigenvalue weighted by Crippen LogP contribution is 2.37. The van der Waals surface area contributed by atoms with Crippen LogP contribution in [0, 0.1) is 6.92 Å². The number of azo groups is 1. The van der Waals surface area contributed by atoms with Crippen LogP contribution >= 0.6 is 12.0 Å². The Kier molecular flexibility index (Phi) is 8.55. The number of fused-ring (bicyclic) bond motifs is 3. The number of anilines is 1. The predicted octanol–water partition coefficient (Wildman–Crippen LogP) is 5.02. The van der Waals surface area contributed by atoms with Gasteiger partial charge in [-0.15, -0.1) is 4.33 Å². The molecular formula is C29H22N6O11S2. The minimum absolute atomic E-state index is 0.0148. The number of aromatic hydroxyl groups is 1. The van der Waals surface area contributed by atoms with Gasteiger partial charge < -0.3 is 19.9 Å². The number of aliphatic carboxylic acids is 1. The molecule has 2 heterocycles. The molecule has 1 aromatic heterocycles. The van der Waals surface area contributed by atoms with E-state index in [1.54, 1.807) is 30.3 Å². The van der Waals surface area contributed by atoms with Gasteiger partial charge in [0, 0.05) is 27.3 Å². The van der Waals surface area contributed by atoms with E-state index in [0.717, 1.165) is 11.1 Å². The second kappa shape index (κ2) is 12.6. The number of aromatic amines is 1. The van der Waals surface area contributed by atoms with Crippen molar-refractivity contribution in [1.82, 2.24) is 9.97 Å². The fourth-order valence-corrected chi connectivity index (χ4v) is 6.21. The topological polar surface area (TPSA) is 246 Å². The van der Waals surface area contributed by atoms with E-state index in [-0.39, 0.29) is 28.4 Å². The van der Waals surface area contributed by atoms with E-state index < -0.39 is 38.6 Å². The first kappa shape index (κ1) is 32.5. The number of phenols is 1. The smallest absolute Gasteiger partial charge is 0.355 e. The van der Waals surface area contributed by atoms with Crippen LogP contribution in [-0.2, 0) is 29.1 Å². The molecule has 0 spiro atoms. The van der Waals surface area contributed by atoms with Crippen LogP contribution in [-0.4, -0.2) is 69.1 Å². The summed E-state index contributed by atoms with van der Waals surface area (Å²) < 4.78 is 42.4. The van der Waals surface area contributed by atoms with Crippen LogP contribution in [0.25, 0.3) is 33.2 Å². The number of H-pyrrole nitrogens is 1. The fourth-order valence-electron chi connectivity index (χ4n) is 5.06. The lowest BCUT2D eigenvalue weighted by molar-refractivity contribution is -0.432. The molecule has 1 aliphatic rings. The number of methoxy groups -OCH3 is 1. The highest BCUT2D eigenvalue weighted by Gasteiger charge is 2.41. The summed E-state index contributed by atoms with van der Waals surface area (Å²) in [4.78, 5) is 33.2. The normalized spacial score (nSPS) is 15.2. The summed E-state index contributed by atoms with van der Waals surface area (Å²) in [5, 5.41) is 46.2. The second-order valence-corrected chi connectivity index (χ2v) is 12.3. The molecule has 48 heavy (non-hydrogen) atoms. The van der Waals surface area contributed by atoms with E-state index in [0.29, 0.717) is 50.1 Å². The fraction of sp³-hybridized carbons (Fsp3) is 0.103. The SMILES string of the molecule is COc1cc(S(=O)(=O)O)c(C)cc1/N=N/C1C(=O)N(c2ccc(-c3nc4ccc5c(O)cc(SOOO)cc5c4[nH]3)cc2)N=C1C(=O)O. The third kappa shape index (κ3) is 6.03. The number of hydrogen-bond acceptors (Lipinski definition) is 14. The van der Waals surface area contributed by atoms with E-state index in [2.05, 4.69) is 34.7 Å². The first-order valence-electron chi connectivity index (χ1n) is 13.5. The van der Waals surface area contributed by atoms with Crippen LogP contribution in [0.4, 0.5) is 11.4 Å². The largest absolute Gasteiger partial charge is 0.507 e. The van der Waals surface area contributed by atoms with Crippen molar-refractivity contribution in [2.45, 2.75) is 22.8 Å². The molecule has 19 heteroatoms. The summed E-state index contributed by atoms with van der Waals surface area (Å²) in [7, 11) is -3.33. The van der Waals surface area contributed by atoms with Gasteiger partial charge in [-0.3, -0.25) is 9.35 Å². The maximum Gasteiger partial charge on any atom is 0.355 e. The van der Waals surface area contributed by atoms with Crippen molar-refractivity contribution in [3.05, 3.63) is 66.2 Å². The number of carbonyl (C=O) groups excluding carboxylic acids is 1. The minimum atomic E-state index is -4.56. The number of ether oxygens (including phenoxy) is 1. The number of phenolic OH excluding ortho intramolecular Hbond substituents is 1. The molecule has 5 aromatic rings. The summed E-state index contributed by atoms with van der Waals surface area (Å²) in [6.45, 7) is 1.40. The van der Waals surface area contributed by atoms with Crippen molar-refractivity contribution in [1.29, 1.82) is 0 Å². The molecule has 1 aliphatic heterocycles. The van der Waals surface area contributed by atoms with Crippen LogP contribution in [0.1, 0.15) is 5.56 Å². The minimum Gasteiger partial charge on any atom is -0.507 e. The number of benzene rings is 4. The average molecular weight is 695 g/mol. The Hall–Kier alpha value is -5.44. The van der Waals surface area contributed by atoms with Crippen LogP contribution in [0.2, 0.25) is 0 Å². The van der Waals surface area contributed by atoms with Gasteiger partial charge in [0.1, 0.15) is 27.9 Å². The number of aromatic nitrogens is 2. The third-order valence-corrected chi connectivity index (χ3v) is 8.80. The summed E-state index contributed by atoms with van der Waals surface area (Å²) in [6.07, 6.45) is 0. The Morgan fingerprint density at radius 1 is 1.08 bits per heavy atom. The molecule has 0 fully saturated rings. The average Bonchev–Trinajstić information content (AvgIpc) is 3.64. The van der Waals surface area contributed by atoms with Crippen LogP contribution in [0.15, 0.2) is 85.8 Å². The number of amides is 1. The molecule has 5 N–H and O–H groups in total. The number of imidazole rings is 1. The number of hydrazone groups is 1. The molecule has 0 radical (unpaired) electrons. The molecule has 246 valence electrons. The van der Waals surface area contributed by atoms with E-state index >= 15 is 0 Å². The van der Waals surface area contributed by atoms with Gasteiger partial charge in [0.25, 0.3) is 16.0 Å². The highest BCUT2D eigenvalue weighted by molar-refractivity contribution is 7.94. The van der Waals surface area contributed by atoms with E-state index in [1.165, 1.54) is 38.3 Å². The van der Waals surface area contributed by atoms with Crippen molar-refractivity contribution in [2.75, 3.05) is 12.1 Å². The van der Waals surface area contributed by atoms with Gasteiger partial charge in [0.05, 0.1) is 35.9 Å². The van der Waals surface area contributed by atoms with Crippen molar-refractivity contribution < 1.29 is 52.1 Å². The van der Waals surface area contributed by atoms with Crippen LogP contribution in [0.3, 0.4) is 0 Å². The zero-order valence-corrected chi connectivity index (χ0v) is 26.2. The molecule has 17 nitrogen and oxygen atoms in total. The summed E-state index contributed by atoms with van der Waals surface area (Å²) in [5.74, 6) is -1.99. The quantitative estimate of drug-likeness (QED) is 0.0424. The first-order valence-corrected chi connectivity index (χ1v) is 15.7. The molecule has 1 amide bonds. The number of hydrogen-bond donors (Lipinski definition) is 5. The van der Waals surface area contributed by atoms with Crippen molar-refractivity contribution in [3.8, 4) is 22.9 Å². The standard InChI is InChI=1S/C29H22N6O11S2/c1-13-9-20(22(44-2)12-23(13)48(41,42)43)32-33-25-26(29(38)39)34-35(28(25)37)15-5-3-14(4-6-15)27-30-19-8-7-17-18(24(19)31-27)10-16(11-21(17)36)47-46-45-40/h3-12,25,36,40H,1-2H3,(H,30,31)(H,38,39)(H,41,42,43)/b33-32+. The van der Waals surface area contributed by atoms with Gasteiger partial charge in [0.2, 0.25) is 6.04 Å². The van der Waals surface area contributed by atoms with Crippen molar-refractivity contribution in [2.24, 2.45) is 15.3 Å².